The maximum atomic E-state index is 9.77. The number of carbonyl (C=O) groups is 2. The van der Waals surface area contributed by atoms with Gasteiger partial charge in [-0.25, -0.2) is 0 Å². The molecule has 3 nitrogen and oxygen atoms in total. The molecule has 0 atom stereocenters. The van der Waals surface area contributed by atoms with Gasteiger partial charge in [-0.05, 0) is 12.1 Å². The topological polar surface area (TPSA) is 47.3 Å². The van der Waals surface area contributed by atoms with Crippen molar-refractivity contribution in [1.82, 2.24) is 0 Å². The Bertz CT molecular complexity index is 212. The molecule has 0 aromatic carbocycles. The number of rotatable bonds is 1. The standard InChI is InChI=1S/C5H4O2.C2H4OS/c6-4-5-2-1-3-7-5;1-2(3)4/h1-4H;1H3,(H,3,4). The predicted molar refractivity (Wildman–Crippen MR) is 43.8 cm³/mol. The van der Waals surface area contributed by atoms with Gasteiger partial charge in [-0.1, -0.05) is 0 Å². The van der Waals surface area contributed by atoms with Gasteiger partial charge >= 0.3 is 0 Å². The Morgan fingerprint density at radius 3 is 2.45 bits per heavy atom. The van der Waals surface area contributed by atoms with Gasteiger partial charge in [0, 0.05) is 6.92 Å². The molecule has 11 heavy (non-hydrogen) atoms. The zero-order chi connectivity index (χ0) is 8.69. The Morgan fingerprint density at radius 2 is 2.27 bits per heavy atom. The summed E-state index contributed by atoms with van der Waals surface area (Å²) < 4.78 is 4.61. The molecule has 4 heteroatoms. The number of carbonyl (C=O) groups excluding carboxylic acids is 2. The summed E-state index contributed by atoms with van der Waals surface area (Å²) in [5, 5.41) is -0.139. The average molecular weight is 172 g/mol. The lowest BCUT2D eigenvalue weighted by Crippen LogP contribution is -1.65. The number of thiol groups is 1. The molecule has 1 aromatic heterocycles. The molecule has 0 unspecified atom stereocenters. The Hall–Kier alpha value is -1.03. The second-order valence-electron chi connectivity index (χ2n) is 1.65. The number of aldehydes is 1. The van der Waals surface area contributed by atoms with Gasteiger partial charge in [-0.15, -0.1) is 12.6 Å². The van der Waals surface area contributed by atoms with Gasteiger partial charge in [-0.2, -0.15) is 0 Å². The molecule has 1 heterocycles. The largest absolute Gasteiger partial charge is 0.462 e. The summed E-state index contributed by atoms with van der Waals surface area (Å²) >= 11 is 3.33. The zero-order valence-electron chi connectivity index (χ0n) is 5.98. The van der Waals surface area contributed by atoms with Crippen LogP contribution in [0.3, 0.4) is 0 Å². The van der Waals surface area contributed by atoms with Crippen molar-refractivity contribution in [2.45, 2.75) is 6.92 Å². The molecule has 0 bridgehead atoms. The number of furan rings is 1. The lowest BCUT2D eigenvalue weighted by atomic mass is 10.5. The van der Waals surface area contributed by atoms with E-state index < -0.39 is 0 Å². The van der Waals surface area contributed by atoms with Gasteiger partial charge < -0.3 is 4.42 Å². The van der Waals surface area contributed by atoms with E-state index in [0.717, 1.165) is 0 Å². The van der Waals surface area contributed by atoms with E-state index >= 15 is 0 Å². The van der Waals surface area contributed by atoms with Gasteiger partial charge in [0.25, 0.3) is 0 Å². The Balaban J connectivity index is 0.000000218. The fourth-order valence-corrected chi connectivity index (χ4v) is 0.358. The van der Waals surface area contributed by atoms with Gasteiger partial charge in [0.2, 0.25) is 0 Å². The first-order valence-electron chi connectivity index (χ1n) is 2.85. The van der Waals surface area contributed by atoms with Gasteiger partial charge in [-0.3, -0.25) is 9.59 Å². The third-order valence-electron chi connectivity index (χ3n) is 0.659. The van der Waals surface area contributed by atoms with Crippen LogP contribution in [-0.4, -0.2) is 11.4 Å². The molecule has 0 aliphatic carbocycles. The van der Waals surface area contributed by atoms with E-state index in [1.807, 2.05) is 0 Å². The molecule has 0 saturated carbocycles. The molecule has 60 valence electrons. The molecule has 1 aromatic rings. The van der Waals surface area contributed by atoms with Crippen LogP contribution < -0.4 is 0 Å². The Morgan fingerprint density at radius 1 is 1.73 bits per heavy atom. The first-order valence-corrected chi connectivity index (χ1v) is 3.29. The van der Waals surface area contributed by atoms with Crippen LogP contribution in [0.4, 0.5) is 0 Å². The van der Waals surface area contributed by atoms with Crippen LogP contribution in [0, 0.1) is 0 Å². The minimum absolute atomic E-state index is 0.139. The number of hydrogen-bond acceptors (Lipinski definition) is 3. The molecular formula is C7H8O3S. The van der Waals surface area contributed by atoms with Crippen molar-refractivity contribution in [3.05, 3.63) is 24.2 Å². The molecule has 0 aliphatic rings. The highest BCUT2D eigenvalue weighted by Crippen LogP contribution is 1.92. The molecular weight excluding hydrogens is 164 g/mol. The molecule has 0 fully saturated rings. The predicted octanol–water partition coefficient (Wildman–Crippen LogP) is 1.55. The van der Waals surface area contributed by atoms with Crippen LogP contribution >= 0.6 is 12.6 Å². The van der Waals surface area contributed by atoms with E-state index in [-0.39, 0.29) is 5.12 Å². The minimum Gasteiger partial charge on any atom is -0.462 e. The number of hydrogen-bond donors (Lipinski definition) is 1. The summed E-state index contributed by atoms with van der Waals surface area (Å²) in [5.74, 6) is 0.375. The lowest BCUT2D eigenvalue weighted by molar-refractivity contribution is -0.108. The Labute approximate surface area is 69.8 Å². The second-order valence-corrected chi connectivity index (χ2v) is 2.28. The maximum Gasteiger partial charge on any atom is 0.185 e. The highest BCUT2D eigenvalue weighted by molar-refractivity contribution is 7.96. The molecule has 0 amide bonds. The van der Waals surface area contributed by atoms with E-state index in [2.05, 4.69) is 17.0 Å². The SMILES string of the molecule is CC(=O)S.O=Cc1ccco1. The summed E-state index contributed by atoms with van der Waals surface area (Å²) in [5.41, 5.74) is 0. The van der Waals surface area contributed by atoms with Crippen LogP contribution in [-0.2, 0) is 4.79 Å². The van der Waals surface area contributed by atoms with Gasteiger partial charge in [0.1, 0.15) is 0 Å². The zero-order valence-corrected chi connectivity index (χ0v) is 6.88. The van der Waals surface area contributed by atoms with Crippen molar-refractivity contribution in [3.63, 3.8) is 0 Å². The van der Waals surface area contributed by atoms with Crippen LogP contribution in [0.5, 0.6) is 0 Å². The van der Waals surface area contributed by atoms with Crippen LogP contribution in [0.1, 0.15) is 17.5 Å². The smallest absolute Gasteiger partial charge is 0.185 e. The first kappa shape index (κ1) is 9.97. The third kappa shape index (κ3) is 6.86. The summed E-state index contributed by atoms with van der Waals surface area (Å²) in [7, 11) is 0. The first-order chi connectivity index (χ1) is 5.16. The van der Waals surface area contributed by atoms with Crippen molar-refractivity contribution in [1.29, 1.82) is 0 Å². The summed E-state index contributed by atoms with van der Waals surface area (Å²) in [6.45, 7) is 1.39. The van der Waals surface area contributed by atoms with Crippen LogP contribution in [0.2, 0.25) is 0 Å². The van der Waals surface area contributed by atoms with E-state index in [1.165, 1.54) is 13.2 Å². The molecule has 0 aliphatic heterocycles. The van der Waals surface area contributed by atoms with Crippen molar-refractivity contribution in [2.75, 3.05) is 0 Å². The molecule has 0 spiro atoms. The van der Waals surface area contributed by atoms with E-state index in [1.54, 1.807) is 12.1 Å². The third-order valence-corrected chi connectivity index (χ3v) is 0.659. The summed E-state index contributed by atoms with van der Waals surface area (Å²) in [6.07, 6.45) is 2.13. The van der Waals surface area contributed by atoms with Crippen molar-refractivity contribution >= 4 is 24.0 Å². The summed E-state index contributed by atoms with van der Waals surface area (Å²) in [6, 6.07) is 3.27. The lowest BCUT2D eigenvalue weighted by Gasteiger charge is -1.68. The highest BCUT2D eigenvalue weighted by Gasteiger charge is 1.84. The summed E-state index contributed by atoms with van der Waals surface area (Å²) in [4.78, 5) is 19.1. The highest BCUT2D eigenvalue weighted by atomic mass is 32.1. The normalized spacial score (nSPS) is 7.82. The Kier molecular flexibility index (Phi) is 5.20. The molecule has 1 rings (SSSR count). The van der Waals surface area contributed by atoms with Crippen molar-refractivity contribution in [2.24, 2.45) is 0 Å². The fraction of sp³-hybridized carbons (Fsp3) is 0.143. The molecule has 0 saturated heterocycles. The van der Waals surface area contributed by atoms with E-state index in [9.17, 15) is 9.59 Å². The minimum atomic E-state index is -0.139. The van der Waals surface area contributed by atoms with Crippen LogP contribution in [0.25, 0.3) is 0 Å². The van der Waals surface area contributed by atoms with E-state index in [0.29, 0.717) is 12.0 Å². The fourth-order valence-electron chi connectivity index (χ4n) is 0.358. The average Bonchev–Trinajstić information content (AvgIpc) is 2.36. The molecule has 0 radical (unpaired) electrons. The molecule has 0 N–H and O–H groups in total. The maximum absolute atomic E-state index is 9.77. The van der Waals surface area contributed by atoms with Crippen LogP contribution in [0.15, 0.2) is 22.8 Å². The van der Waals surface area contributed by atoms with Crippen molar-refractivity contribution in [3.8, 4) is 0 Å². The second kappa shape index (κ2) is 5.73. The van der Waals surface area contributed by atoms with E-state index in [4.69, 9.17) is 0 Å². The quantitative estimate of drug-likeness (QED) is 0.516. The monoisotopic (exact) mass is 172 g/mol. The van der Waals surface area contributed by atoms with Gasteiger partial charge in [0.05, 0.1) is 6.26 Å². The van der Waals surface area contributed by atoms with Gasteiger partial charge in [0.15, 0.2) is 17.2 Å². The van der Waals surface area contributed by atoms with Crippen molar-refractivity contribution < 1.29 is 14.0 Å².